The van der Waals surface area contributed by atoms with Gasteiger partial charge in [-0.3, -0.25) is 14.9 Å². The molecule has 1 N–H and O–H groups in total. The predicted octanol–water partition coefficient (Wildman–Crippen LogP) is 7.02. The van der Waals surface area contributed by atoms with Gasteiger partial charge < -0.3 is 14.6 Å². The molecule has 1 aromatic heterocycles. The van der Waals surface area contributed by atoms with Crippen LogP contribution in [0.25, 0.3) is 22.4 Å². The van der Waals surface area contributed by atoms with E-state index in [1.165, 1.54) is 6.42 Å². The van der Waals surface area contributed by atoms with Crippen molar-refractivity contribution in [2.75, 3.05) is 19.7 Å². The van der Waals surface area contributed by atoms with E-state index in [0.29, 0.717) is 12.6 Å². The normalized spacial score (nSPS) is 19.7. The van der Waals surface area contributed by atoms with Gasteiger partial charge in [0.25, 0.3) is 0 Å². The number of phenols is 1. The molecule has 2 aliphatic heterocycles. The first-order chi connectivity index (χ1) is 19.5. The first-order valence-electron chi connectivity index (χ1n) is 14.0. The van der Waals surface area contributed by atoms with Gasteiger partial charge in [0.1, 0.15) is 30.0 Å². The summed E-state index contributed by atoms with van der Waals surface area (Å²) in [5.74, 6) is 2.59. The molecule has 6 nitrogen and oxygen atoms in total. The zero-order valence-electron chi connectivity index (χ0n) is 23.2. The topological polar surface area (TPSA) is 67.7 Å². The molecule has 0 aliphatic carbocycles. The van der Waals surface area contributed by atoms with E-state index in [9.17, 15) is 5.11 Å². The van der Waals surface area contributed by atoms with Crippen LogP contribution in [0.2, 0.25) is 0 Å². The second kappa shape index (κ2) is 11.1. The molecule has 1 saturated heterocycles. The molecular weight excluding hydrogens is 498 g/mol. The van der Waals surface area contributed by atoms with Crippen molar-refractivity contribution in [2.45, 2.75) is 39.3 Å². The Morgan fingerprint density at radius 3 is 2.62 bits per heavy atom. The number of nitrogens with zero attached hydrogens (tertiary/aromatic N) is 3. The third-order valence-corrected chi connectivity index (χ3v) is 8.06. The molecule has 3 atom stereocenters. The Bertz CT molecular complexity index is 1520. The van der Waals surface area contributed by atoms with Crippen molar-refractivity contribution in [3.8, 4) is 28.5 Å². The zero-order valence-corrected chi connectivity index (χ0v) is 23.2. The van der Waals surface area contributed by atoms with E-state index in [1.54, 1.807) is 30.7 Å². The SMILES string of the molecule is CC1=C(c2cccc(-c3cnccn3)c2)C(c2ccc(OC[C@H](C)N3CC[C@@H](C)C3)cc2)Oc2ccc(O)cc21. The van der Waals surface area contributed by atoms with E-state index in [0.717, 1.165) is 69.6 Å². The largest absolute Gasteiger partial charge is 0.508 e. The highest BCUT2D eigenvalue weighted by molar-refractivity contribution is 5.96. The molecule has 6 heteroatoms. The minimum atomic E-state index is -0.326. The quantitative estimate of drug-likeness (QED) is 0.275. The Kier molecular flexibility index (Phi) is 7.27. The summed E-state index contributed by atoms with van der Waals surface area (Å²) in [6.07, 6.45) is 6.09. The third-order valence-electron chi connectivity index (χ3n) is 8.06. The minimum Gasteiger partial charge on any atom is -0.508 e. The van der Waals surface area contributed by atoms with Crippen LogP contribution in [0.5, 0.6) is 17.2 Å². The van der Waals surface area contributed by atoms with Gasteiger partial charge in [-0.15, -0.1) is 0 Å². The molecule has 1 unspecified atom stereocenters. The zero-order chi connectivity index (χ0) is 27.6. The molecule has 0 spiro atoms. The van der Waals surface area contributed by atoms with E-state index < -0.39 is 0 Å². The molecule has 3 aromatic carbocycles. The maximum Gasteiger partial charge on any atom is 0.150 e. The second-order valence-corrected chi connectivity index (χ2v) is 11.0. The van der Waals surface area contributed by atoms with Crippen LogP contribution in [0.1, 0.15) is 50.0 Å². The summed E-state index contributed by atoms with van der Waals surface area (Å²) in [6, 6.07) is 22.2. The van der Waals surface area contributed by atoms with Gasteiger partial charge in [0, 0.05) is 41.7 Å². The number of likely N-dealkylation sites (tertiary alicyclic amines) is 1. The number of phenolic OH excluding ortho intramolecular Hbond substituents is 1. The van der Waals surface area contributed by atoms with Gasteiger partial charge in [-0.2, -0.15) is 0 Å². The first-order valence-corrected chi connectivity index (χ1v) is 14.0. The summed E-state index contributed by atoms with van der Waals surface area (Å²) in [7, 11) is 0. The monoisotopic (exact) mass is 533 g/mol. The van der Waals surface area contributed by atoms with Crippen molar-refractivity contribution in [1.29, 1.82) is 0 Å². The lowest BCUT2D eigenvalue weighted by Gasteiger charge is -2.31. The number of allylic oxidation sites excluding steroid dienone is 1. The predicted molar refractivity (Wildman–Crippen MR) is 158 cm³/mol. The Balaban J connectivity index is 1.31. The van der Waals surface area contributed by atoms with Crippen LogP contribution in [0, 0.1) is 5.92 Å². The van der Waals surface area contributed by atoms with Crippen molar-refractivity contribution in [3.05, 3.63) is 102 Å². The molecule has 4 aromatic rings. The summed E-state index contributed by atoms with van der Waals surface area (Å²) in [5.41, 5.74) is 6.87. The van der Waals surface area contributed by atoms with E-state index in [1.807, 2.05) is 30.3 Å². The molecule has 0 radical (unpaired) electrons. The van der Waals surface area contributed by atoms with Crippen molar-refractivity contribution < 1.29 is 14.6 Å². The lowest BCUT2D eigenvalue weighted by molar-refractivity contribution is 0.169. The highest BCUT2D eigenvalue weighted by atomic mass is 16.5. The molecule has 40 heavy (non-hydrogen) atoms. The van der Waals surface area contributed by atoms with Crippen molar-refractivity contribution >= 4 is 11.1 Å². The Morgan fingerprint density at radius 2 is 1.88 bits per heavy atom. The standard InChI is InChI=1S/C34H35N3O3/c1-22-13-16-37(20-22)23(2)21-39-29-10-7-25(8-11-29)34-33(24(3)30-18-28(38)9-12-32(30)40-34)27-6-4-5-26(17-27)31-19-35-14-15-36-31/h4-12,14-15,17-19,22-23,34,38H,13,16,20-21H2,1-3H3/t22-,23+,34?/m1/s1. The van der Waals surface area contributed by atoms with Crippen LogP contribution in [-0.4, -0.2) is 45.7 Å². The molecule has 204 valence electrons. The molecule has 0 amide bonds. The fourth-order valence-electron chi connectivity index (χ4n) is 5.77. The van der Waals surface area contributed by atoms with Crippen LogP contribution in [0.3, 0.4) is 0 Å². The van der Waals surface area contributed by atoms with Gasteiger partial charge in [0.2, 0.25) is 0 Å². The van der Waals surface area contributed by atoms with Crippen LogP contribution in [-0.2, 0) is 0 Å². The van der Waals surface area contributed by atoms with Crippen LogP contribution >= 0.6 is 0 Å². The van der Waals surface area contributed by atoms with E-state index in [2.05, 4.69) is 59.9 Å². The van der Waals surface area contributed by atoms with Crippen molar-refractivity contribution in [2.24, 2.45) is 5.92 Å². The van der Waals surface area contributed by atoms with E-state index in [4.69, 9.17) is 9.47 Å². The van der Waals surface area contributed by atoms with Gasteiger partial charge in [0.05, 0.1) is 11.9 Å². The van der Waals surface area contributed by atoms with Crippen molar-refractivity contribution in [1.82, 2.24) is 14.9 Å². The van der Waals surface area contributed by atoms with Gasteiger partial charge in [0.15, 0.2) is 0 Å². The summed E-state index contributed by atoms with van der Waals surface area (Å²) in [4.78, 5) is 11.2. The lowest BCUT2D eigenvalue weighted by atomic mass is 9.85. The highest BCUT2D eigenvalue weighted by Gasteiger charge is 2.30. The molecule has 6 rings (SSSR count). The summed E-state index contributed by atoms with van der Waals surface area (Å²) >= 11 is 0. The Hall–Kier alpha value is -4.16. The number of hydrogen-bond donors (Lipinski definition) is 1. The average molecular weight is 534 g/mol. The van der Waals surface area contributed by atoms with Crippen molar-refractivity contribution in [3.63, 3.8) is 0 Å². The van der Waals surface area contributed by atoms with Crippen LogP contribution in [0.4, 0.5) is 0 Å². The van der Waals surface area contributed by atoms with Crippen LogP contribution in [0.15, 0.2) is 85.3 Å². The molecular formula is C34H35N3O3. The average Bonchev–Trinajstić information content (AvgIpc) is 3.43. The molecule has 0 bridgehead atoms. The number of hydrogen-bond acceptors (Lipinski definition) is 6. The minimum absolute atomic E-state index is 0.215. The highest BCUT2D eigenvalue weighted by Crippen LogP contribution is 2.47. The molecule has 0 saturated carbocycles. The number of benzene rings is 3. The Morgan fingerprint density at radius 1 is 1.05 bits per heavy atom. The number of aromatic nitrogens is 2. The third kappa shape index (κ3) is 5.32. The number of ether oxygens (including phenoxy) is 2. The summed E-state index contributed by atoms with van der Waals surface area (Å²) in [6.45, 7) is 9.62. The van der Waals surface area contributed by atoms with E-state index >= 15 is 0 Å². The van der Waals surface area contributed by atoms with Gasteiger partial charge >= 0.3 is 0 Å². The maximum absolute atomic E-state index is 10.2. The molecule has 3 heterocycles. The smallest absolute Gasteiger partial charge is 0.150 e. The number of fused-ring (bicyclic) bond motifs is 1. The summed E-state index contributed by atoms with van der Waals surface area (Å²) < 4.78 is 12.8. The fourth-order valence-corrected chi connectivity index (χ4v) is 5.77. The second-order valence-electron chi connectivity index (χ2n) is 11.0. The summed E-state index contributed by atoms with van der Waals surface area (Å²) in [5, 5.41) is 10.2. The molecule has 1 fully saturated rings. The van der Waals surface area contributed by atoms with E-state index in [-0.39, 0.29) is 11.9 Å². The van der Waals surface area contributed by atoms with Crippen LogP contribution < -0.4 is 9.47 Å². The molecule has 2 aliphatic rings. The Labute approximate surface area is 236 Å². The van der Waals surface area contributed by atoms with Gasteiger partial charge in [-0.1, -0.05) is 37.3 Å². The first kappa shape index (κ1) is 26.1. The number of aromatic hydroxyl groups is 1. The fraction of sp³-hybridized carbons (Fsp3) is 0.294. The van der Waals surface area contributed by atoms with Gasteiger partial charge in [-0.25, -0.2) is 0 Å². The van der Waals surface area contributed by atoms with Gasteiger partial charge in [-0.05, 0) is 85.8 Å². The number of rotatable bonds is 7. The maximum atomic E-state index is 10.2. The lowest BCUT2D eigenvalue weighted by Crippen LogP contribution is -2.35.